The summed E-state index contributed by atoms with van der Waals surface area (Å²) in [6, 6.07) is -2.19. The fourth-order valence-electron chi connectivity index (χ4n) is 6.55. The van der Waals surface area contributed by atoms with Crippen LogP contribution in [0.4, 0.5) is 0 Å². The third-order valence-corrected chi connectivity index (χ3v) is 9.30. The van der Waals surface area contributed by atoms with Gasteiger partial charge in [0.1, 0.15) is 6.04 Å². The highest BCUT2D eigenvalue weighted by atomic mass is 16.2. The summed E-state index contributed by atoms with van der Waals surface area (Å²) >= 11 is 0. The molecule has 5 atom stereocenters. The van der Waals surface area contributed by atoms with Gasteiger partial charge in [-0.3, -0.25) is 19.2 Å². The minimum absolute atomic E-state index is 0.0316. The summed E-state index contributed by atoms with van der Waals surface area (Å²) in [5.74, 6) is -1.25. The Balaban J connectivity index is 1.50. The Kier molecular flexibility index (Phi) is 7.15. The third kappa shape index (κ3) is 5.04. The molecule has 35 heavy (non-hydrogen) atoms. The predicted octanol–water partition coefficient (Wildman–Crippen LogP) is 1.92. The molecule has 1 aliphatic heterocycles. The number of rotatable bonds is 10. The highest BCUT2D eigenvalue weighted by Gasteiger charge is 2.69. The molecule has 0 aromatic rings. The molecular weight excluding hydrogens is 444 g/mol. The average molecular weight is 487 g/mol. The van der Waals surface area contributed by atoms with Crippen LogP contribution in [-0.4, -0.2) is 59.6 Å². The fourth-order valence-corrected chi connectivity index (χ4v) is 6.55. The SMILES string of the molecule is C=CCNC(=O)C(=O)C(CC1CC1)NC(=O)[C@@H]1[C@@H]2[C@H](CN1C(=O)[C@@H](N)C1(C)CCCCC1)C2(C)C. The number of amides is 3. The van der Waals surface area contributed by atoms with Gasteiger partial charge in [-0.1, -0.05) is 59.0 Å². The van der Waals surface area contributed by atoms with Gasteiger partial charge in [0.2, 0.25) is 17.6 Å². The molecule has 0 aromatic heterocycles. The van der Waals surface area contributed by atoms with Gasteiger partial charge >= 0.3 is 0 Å². The fraction of sp³-hybridized carbons (Fsp3) is 0.778. The van der Waals surface area contributed by atoms with Crippen LogP contribution < -0.4 is 16.4 Å². The zero-order chi connectivity index (χ0) is 25.5. The van der Waals surface area contributed by atoms with Crippen LogP contribution in [-0.2, 0) is 19.2 Å². The molecule has 0 aromatic carbocycles. The van der Waals surface area contributed by atoms with Crippen LogP contribution in [0.5, 0.6) is 0 Å². The molecule has 0 bridgehead atoms. The lowest BCUT2D eigenvalue weighted by Crippen LogP contribution is -2.60. The van der Waals surface area contributed by atoms with Gasteiger partial charge in [0.15, 0.2) is 0 Å². The smallest absolute Gasteiger partial charge is 0.289 e. The maximum absolute atomic E-state index is 13.7. The molecule has 4 N–H and O–H groups in total. The lowest BCUT2D eigenvalue weighted by Gasteiger charge is -2.41. The number of fused-ring (bicyclic) bond motifs is 1. The second kappa shape index (κ2) is 9.68. The molecule has 8 heteroatoms. The van der Waals surface area contributed by atoms with Gasteiger partial charge in [-0.2, -0.15) is 0 Å². The van der Waals surface area contributed by atoms with E-state index in [9.17, 15) is 19.2 Å². The van der Waals surface area contributed by atoms with Crippen LogP contribution in [0.15, 0.2) is 12.7 Å². The first-order valence-electron chi connectivity index (χ1n) is 13.3. The minimum atomic E-state index is -0.887. The normalized spacial score (nSPS) is 29.9. The first-order valence-corrected chi connectivity index (χ1v) is 13.3. The van der Waals surface area contributed by atoms with Crippen LogP contribution in [0.3, 0.4) is 0 Å². The highest BCUT2D eigenvalue weighted by molar-refractivity contribution is 6.38. The standard InChI is InChI=1S/C27H42N4O4/c1-5-13-29-24(34)21(32)18(14-16-9-10-16)30-23(33)20-19-17(26(19,2)3)15-31(20)25(35)22(28)27(4)11-7-6-8-12-27/h5,16-20,22H,1,6-15,28H2,2-4H3,(H,29,34)(H,30,33)/t17-,18?,19-,20-,22+/m0/s1. The molecule has 0 spiro atoms. The molecule has 1 heterocycles. The monoisotopic (exact) mass is 486 g/mol. The topological polar surface area (TPSA) is 122 Å². The van der Waals surface area contributed by atoms with E-state index in [1.807, 2.05) is 0 Å². The van der Waals surface area contributed by atoms with Crippen molar-refractivity contribution in [2.75, 3.05) is 13.1 Å². The molecule has 3 amide bonds. The van der Waals surface area contributed by atoms with Crippen molar-refractivity contribution < 1.29 is 19.2 Å². The number of nitrogens with two attached hydrogens (primary N) is 1. The van der Waals surface area contributed by atoms with Crippen molar-refractivity contribution in [2.45, 2.75) is 90.3 Å². The van der Waals surface area contributed by atoms with Gasteiger partial charge in [-0.05, 0) is 47.8 Å². The largest absolute Gasteiger partial charge is 0.346 e. The van der Waals surface area contributed by atoms with Crippen LogP contribution in [0.1, 0.15) is 72.1 Å². The molecule has 194 valence electrons. The molecule has 4 aliphatic rings. The van der Waals surface area contributed by atoms with E-state index < -0.39 is 29.8 Å². The van der Waals surface area contributed by atoms with Gasteiger partial charge in [-0.25, -0.2) is 0 Å². The maximum Gasteiger partial charge on any atom is 0.289 e. The average Bonchev–Trinajstić information content (AvgIpc) is 3.68. The number of hydrogen-bond acceptors (Lipinski definition) is 5. The van der Waals surface area contributed by atoms with Crippen molar-refractivity contribution in [3.05, 3.63) is 12.7 Å². The Morgan fingerprint density at radius 3 is 2.37 bits per heavy atom. The van der Waals surface area contributed by atoms with E-state index in [1.54, 1.807) is 4.90 Å². The second-order valence-corrected chi connectivity index (χ2v) is 12.2. The third-order valence-electron chi connectivity index (χ3n) is 9.30. The van der Waals surface area contributed by atoms with Crippen LogP contribution >= 0.6 is 0 Å². The number of piperidine rings is 1. The van der Waals surface area contributed by atoms with E-state index in [4.69, 9.17) is 5.73 Å². The van der Waals surface area contributed by atoms with Crippen molar-refractivity contribution in [3.8, 4) is 0 Å². The van der Waals surface area contributed by atoms with E-state index in [2.05, 4.69) is 38.0 Å². The van der Waals surface area contributed by atoms with E-state index in [1.165, 1.54) is 12.5 Å². The molecule has 8 nitrogen and oxygen atoms in total. The molecule has 0 radical (unpaired) electrons. The van der Waals surface area contributed by atoms with Crippen LogP contribution in [0, 0.1) is 28.6 Å². The van der Waals surface area contributed by atoms with E-state index in [0.717, 1.165) is 38.5 Å². The summed E-state index contributed by atoms with van der Waals surface area (Å²) in [5, 5.41) is 5.41. The van der Waals surface area contributed by atoms with Crippen molar-refractivity contribution in [2.24, 2.45) is 34.3 Å². The van der Waals surface area contributed by atoms with Gasteiger partial charge in [-0.15, -0.1) is 6.58 Å². The minimum Gasteiger partial charge on any atom is -0.346 e. The van der Waals surface area contributed by atoms with Gasteiger partial charge in [0.25, 0.3) is 5.91 Å². The van der Waals surface area contributed by atoms with E-state index in [0.29, 0.717) is 18.9 Å². The van der Waals surface area contributed by atoms with Crippen LogP contribution in [0.25, 0.3) is 0 Å². The number of nitrogens with one attached hydrogen (secondary N) is 2. The molecule has 3 aliphatic carbocycles. The van der Waals surface area contributed by atoms with Crippen molar-refractivity contribution >= 4 is 23.5 Å². The quantitative estimate of drug-likeness (QED) is 0.322. The summed E-state index contributed by atoms with van der Waals surface area (Å²) in [6.07, 6.45) is 9.08. The summed E-state index contributed by atoms with van der Waals surface area (Å²) in [7, 11) is 0. The van der Waals surface area contributed by atoms with Gasteiger partial charge in [0.05, 0.1) is 12.1 Å². The number of nitrogens with zero attached hydrogens (tertiary/aromatic N) is 1. The highest BCUT2D eigenvalue weighted by Crippen LogP contribution is 2.65. The molecule has 3 saturated carbocycles. The number of likely N-dealkylation sites (tertiary alicyclic amines) is 1. The zero-order valence-corrected chi connectivity index (χ0v) is 21.5. The zero-order valence-electron chi connectivity index (χ0n) is 21.5. The van der Waals surface area contributed by atoms with Crippen molar-refractivity contribution in [3.63, 3.8) is 0 Å². The molecular formula is C27H42N4O4. The van der Waals surface area contributed by atoms with Crippen molar-refractivity contribution in [1.82, 2.24) is 15.5 Å². The molecule has 4 fully saturated rings. The summed E-state index contributed by atoms with van der Waals surface area (Å²) < 4.78 is 0. The van der Waals surface area contributed by atoms with Crippen molar-refractivity contribution in [1.29, 1.82) is 0 Å². The Hall–Kier alpha value is -2.22. The van der Waals surface area contributed by atoms with Gasteiger partial charge < -0.3 is 21.3 Å². The lowest BCUT2D eigenvalue weighted by atomic mass is 9.70. The Bertz CT molecular complexity index is 890. The number of hydrogen-bond donors (Lipinski definition) is 3. The summed E-state index contributed by atoms with van der Waals surface area (Å²) in [6.45, 7) is 10.6. The number of carbonyl (C=O) groups excluding carboxylic acids is 4. The Morgan fingerprint density at radius 2 is 1.77 bits per heavy atom. The van der Waals surface area contributed by atoms with Crippen LogP contribution in [0.2, 0.25) is 0 Å². The van der Waals surface area contributed by atoms with Gasteiger partial charge in [0, 0.05) is 13.1 Å². The Morgan fingerprint density at radius 1 is 1.11 bits per heavy atom. The number of Topliss-reactive ketones (excluding diaryl/α,β-unsaturated/α-hetero) is 1. The molecule has 1 saturated heterocycles. The maximum atomic E-state index is 13.7. The first-order chi connectivity index (χ1) is 16.5. The van der Waals surface area contributed by atoms with E-state index in [-0.39, 0.29) is 41.0 Å². The summed E-state index contributed by atoms with van der Waals surface area (Å²) in [4.78, 5) is 54.3. The number of ketones is 1. The summed E-state index contributed by atoms with van der Waals surface area (Å²) in [5.41, 5.74) is 6.26. The first kappa shape index (κ1) is 25.9. The van der Waals surface area contributed by atoms with E-state index >= 15 is 0 Å². The second-order valence-electron chi connectivity index (χ2n) is 12.2. The predicted molar refractivity (Wildman–Crippen MR) is 133 cm³/mol. The Labute approximate surface area is 208 Å². The lowest BCUT2D eigenvalue weighted by molar-refractivity contribution is -0.145. The number of carbonyl (C=O) groups is 4. The molecule has 1 unspecified atom stereocenters. The molecule has 4 rings (SSSR count).